The van der Waals surface area contributed by atoms with Gasteiger partial charge in [0.15, 0.2) is 0 Å². The first-order chi connectivity index (χ1) is 10.7. The summed E-state index contributed by atoms with van der Waals surface area (Å²) in [6.45, 7) is 4.50. The van der Waals surface area contributed by atoms with Crippen molar-refractivity contribution in [2.45, 2.75) is 38.9 Å². The molecule has 6 nitrogen and oxygen atoms in total. The fourth-order valence-electron chi connectivity index (χ4n) is 3.08. The number of rotatable bonds is 5. The lowest BCUT2D eigenvalue weighted by atomic mass is 10.2. The van der Waals surface area contributed by atoms with Crippen LogP contribution in [-0.4, -0.2) is 40.1 Å². The van der Waals surface area contributed by atoms with Gasteiger partial charge < -0.3 is 13.7 Å². The van der Waals surface area contributed by atoms with Gasteiger partial charge in [0, 0.05) is 25.0 Å². The number of aryl methyl sites for hydroxylation is 1. The lowest BCUT2D eigenvalue weighted by Gasteiger charge is -2.23. The third kappa shape index (κ3) is 3.06. The molecule has 0 amide bonds. The number of carbonyl (C=O) groups is 1. The van der Waals surface area contributed by atoms with E-state index in [1.807, 2.05) is 12.5 Å². The fraction of sp³-hybridized carbons (Fsp3) is 0.500. The van der Waals surface area contributed by atoms with Gasteiger partial charge in [-0.25, -0.2) is 9.78 Å². The van der Waals surface area contributed by atoms with Gasteiger partial charge in [-0.1, -0.05) is 0 Å². The van der Waals surface area contributed by atoms with Gasteiger partial charge in [0.25, 0.3) is 0 Å². The minimum absolute atomic E-state index is 0.344. The Hall–Kier alpha value is -2.08. The number of hydrogen-bond donors (Lipinski definition) is 0. The highest BCUT2D eigenvalue weighted by atomic mass is 16.5. The molecule has 0 saturated carbocycles. The Balaban J connectivity index is 1.68. The summed E-state index contributed by atoms with van der Waals surface area (Å²) in [5.41, 5.74) is 0.517. The number of likely N-dealkylation sites (tertiary alicyclic amines) is 1. The average Bonchev–Trinajstić information content (AvgIpc) is 3.22. The maximum Gasteiger partial charge on any atom is 0.341 e. The molecule has 0 radical (unpaired) electrons. The summed E-state index contributed by atoms with van der Waals surface area (Å²) < 4.78 is 12.6. The normalized spacial score (nSPS) is 18.7. The molecule has 0 N–H and O–H groups in total. The zero-order valence-corrected chi connectivity index (χ0v) is 13.0. The lowest BCUT2D eigenvalue weighted by Crippen LogP contribution is -2.32. The van der Waals surface area contributed by atoms with Gasteiger partial charge in [0.1, 0.15) is 17.1 Å². The van der Waals surface area contributed by atoms with Crippen molar-refractivity contribution in [3.63, 3.8) is 0 Å². The highest BCUT2D eigenvalue weighted by Gasteiger charge is 2.26. The fourth-order valence-corrected chi connectivity index (χ4v) is 3.08. The van der Waals surface area contributed by atoms with Crippen LogP contribution in [0.1, 0.15) is 34.7 Å². The number of esters is 1. The first kappa shape index (κ1) is 14.8. The Kier molecular flexibility index (Phi) is 4.29. The van der Waals surface area contributed by atoms with Gasteiger partial charge in [-0.2, -0.15) is 0 Å². The monoisotopic (exact) mass is 303 g/mol. The second-order valence-corrected chi connectivity index (χ2v) is 5.70. The van der Waals surface area contributed by atoms with Crippen molar-refractivity contribution in [2.24, 2.45) is 0 Å². The highest BCUT2D eigenvalue weighted by Crippen LogP contribution is 2.24. The smallest absolute Gasteiger partial charge is 0.341 e. The summed E-state index contributed by atoms with van der Waals surface area (Å²) in [6.07, 6.45) is 7.99. The number of imidazole rings is 1. The summed E-state index contributed by atoms with van der Waals surface area (Å²) in [5, 5.41) is 0. The summed E-state index contributed by atoms with van der Waals surface area (Å²) in [4.78, 5) is 18.1. The zero-order valence-electron chi connectivity index (χ0n) is 13.0. The van der Waals surface area contributed by atoms with Crippen LogP contribution in [0, 0.1) is 6.92 Å². The van der Waals surface area contributed by atoms with Crippen molar-refractivity contribution >= 4 is 5.97 Å². The van der Waals surface area contributed by atoms with Crippen LogP contribution in [0.2, 0.25) is 0 Å². The second kappa shape index (κ2) is 6.36. The van der Waals surface area contributed by atoms with Crippen LogP contribution in [0.4, 0.5) is 0 Å². The number of carbonyl (C=O) groups excluding carboxylic acids is 1. The lowest BCUT2D eigenvalue weighted by molar-refractivity contribution is 0.0599. The Morgan fingerprint density at radius 1 is 1.55 bits per heavy atom. The molecule has 118 valence electrons. The van der Waals surface area contributed by atoms with Crippen LogP contribution < -0.4 is 0 Å². The van der Waals surface area contributed by atoms with E-state index in [1.54, 1.807) is 19.2 Å². The minimum Gasteiger partial charge on any atom is -0.465 e. The van der Waals surface area contributed by atoms with Crippen LogP contribution in [0.3, 0.4) is 0 Å². The molecular formula is C16H21N3O3. The van der Waals surface area contributed by atoms with Crippen molar-refractivity contribution in [3.8, 4) is 0 Å². The van der Waals surface area contributed by atoms with Crippen molar-refractivity contribution in [1.82, 2.24) is 14.5 Å². The number of aromatic nitrogens is 2. The zero-order chi connectivity index (χ0) is 15.5. The molecule has 1 aliphatic heterocycles. The molecule has 0 unspecified atom stereocenters. The molecule has 1 saturated heterocycles. The molecular weight excluding hydrogens is 282 g/mol. The molecule has 1 atom stereocenters. The maximum atomic E-state index is 11.7. The summed E-state index contributed by atoms with van der Waals surface area (Å²) in [6, 6.07) is 2.27. The van der Waals surface area contributed by atoms with E-state index in [4.69, 9.17) is 9.15 Å². The van der Waals surface area contributed by atoms with E-state index in [-0.39, 0.29) is 5.97 Å². The van der Waals surface area contributed by atoms with Gasteiger partial charge in [-0.05, 0) is 32.4 Å². The van der Waals surface area contributed by atoms with Gasteiger partial charge in [-0.15, -0.1) is 0 Å². The molecule has 0 aliphatic carbocycles. The molecule has 0 aromatic carbocycles. The van der Waals surface area contributed by atoms with E-state index in [1.165, 1.54) is 20.0 Å². The standard InChI is InChI=1S/C16H21N3O3/c1-12-15(16(20)21-2)8-14(22-12)10-19-6-3-4-13(19)9-18-7-5-17-11-18/h5,7-8,11,13H,3-4,6,9-10H2,1-2H3/t13-/m0/s1. The predicted octanol–water partition coefficient (Wildman–Crippen LogP) is 2.24. The SMILES string of the molecule is COC(=O)c1cc(CN2CCC[C@H]2Cn2ccnc2)oc1C. The van der Waals surface area contributed by atoms with Crippen LogP contribution >= 0.6 is 0 Å². The predicted molar refractivity (Wildman–Crippen MR) is 80.4 cm³/mol. The van der Waals surface area contributed by atoms with Crippen LogP contribution in [-0.2, 0) is 17.8 Å². The number of ether oxygens (including phenoxy) is 1. The molecule has 1 fully saturated rings. The molecule has 2 aromatic heterocycles. The molecule has 3 rings (SSSR count). The molecule has 1 aliphatic rings. The molecule has 0 spiro atoms. The van der Waals surface area contributed by atoms with E-state index in [0.717, 1.165) is 25.4 Å². The summed E-state index contributed by atoms with van der Waals surface area (Å²) in [7, 11) is 1.38. The number of hydrogen-bond acceptors (Lipinski definition) is 5. The minimum atomic E-state index is -0.344. The van der Waals surface area contributed by atoms with Crippen LogP contribution in [0.5, 0.6) is 0 Å². The molecule has 0 bridgehead atoms. The Labute approximate surface area is 129 Å². The highest BCUT2D eigenvalue weighted by molar-refractivity contribution is 5.90. The van der Waals surface area contributed by atoms with E-state index in [0.29, 0.717) is 17.4 Å². The van der Waals surface area contributed by atoms with Crippen molar-refractivity contribution in [1.29, 1.82) is 0 Å². The van der Waals surface area contributed by atoms with Gasteiger partial charge >= 0.3 is 5.97 Å². The summed E-state index contributed by atoms with van der Waals surface area (Å²) >= 11 is 0. The van der Waals surface area contributed by atoms with E-state index < -0.39 is 0 Å². The molecule has 2 aromatic rings. The van der Waals surface area contributed by atoms with Crippen molar-refractivity contribution in [3.05, 3.63) is 41.9 Å². The Morgan fingerprint density at radius 3 is 3.14 bits per heavy atom. The van der Waals surface area contributed by atoms with E-state index in [9.17, 15) is 4.79 Å². The summed E-state index contributed by atoms with van der Waals surface area (Å²) in [5.74, 6) is 1.09. The third-order valence-corrected chi connectivity index (χ3v) is 4.21. The van der Waals surface area contributed by atoms with Crippen LogP contribution in [0.15, 0.2) is 29.2 Å². The molecule has 22 heavy (non-hydrogen) atoms. The number of methoxy groups -OCH3 is 1. The van der Waals surface area contributed by atoms with Crippen LogP contribution in [0.25, 0.3) is 0 Å². The average molecular weight is 303 g/mol. The number of nitrogens with zero attached hydrogens (tertiary/aromatic N) is 3. The maximum absolute atomic E-state index is 11.7. The molecule has 6 heteroatoms. The Bertz CT molecular complexity index is 633. The van der Waals surface area contributed by atoms with Crippen molar-refractivity contribution < 1.29 is 13.9 Å². The first-order valence-electron chi connectivity index (χ1n) is 7.55. The topological polar surface area (TPSA) is 60.5 Å². The Morgan fingerprint density at radius 2 is 2.41 bits per heavy atom. The number of furan rings is 1. The van der Waals surface area contributed by atoms with E-state index in [2.05, 4.69) is 14.5 Å². The third-order valence-electron chi connectivity index (χ3n) is 4.21. The van der Waals surface area contributed by atoms with Crippen molar-refractivity contribution in [2.75, 3.05) is 13.7 Å². The van der Waals surface area contributed by atoms with E-state index >= 15 is 0 Å². The van der Waals surface area contributed by atoms with Gasteiger partial charge in [0.05, 0.1) is 20.0 Å². The largest absolute Gasteiger partial charge is 0.465 e. The first-order valence-corrected chi connectivity index (χ1v) is 7.55. The second-order valence-electron chi connectivity index (χ2n) is 5.70. The van der Waals surface area contributed by atoms with Gasteiger partial charge in [0.2, 0.25) is 0 Å². The quantitative estimate of drug-likeness (QED) is 0.793. The molecule has 3 heterocycles. The van der Waals surface area contributed by atoms with Gasteiger partial charge in [-0.3, -0.25) is 4.90 Å².